The van der Waals surface area contributed by atoms with Crippen LogP contribution < -0.4 is 16.0 Å². The molecule has 5 rings (SSSR count). The van der Waals surface area contributed by atoms with Crippen molar-refractivity contribution in [3.63, 3.8) is 0 Å². The van der Waals surface area contributed by atoms with E-state index in [2.05, 4.69) is 22.0 Å². The van der Waals surface area contributed by atoms with Gasteiger partial charge in [0.2, 0.25) is 5.91 Å². The number of rotatable bonds is 4. The summed E-state index contributed by atoms with van der Waals surface area (Å²) in [6, 6.07) is 11.0. The number of anilines is 1. The molecule has 2 aliphatic heterocycles. The average molecular weight is 462 g/mol. The van der Waals surface area contributed by atoms with Crippen molar-refractivity contribution in [3.05, 3.63) is 53.3 Å². The van der Waals surface area contributed by atoms with Gasteiger partial charge in [0.05, 0.1) is 30.1 Å². The van der Waals surface area contributed by atoms with Crippen molar-refractivity contribution in [2.75, 3.05) is 26.0 Å². The number of esters is 1. The molecule has 2 atom stereocenters. The van der Waals surface area contributed by atoms with Crippen molar-refractivity contribution in [2.24, 2.45) is 5.92 Å². The lowest BCUT2D eigenvalue weighted by Gasteiger charge is -2.31. The van der Waals surface area contributed by atoms with Gasteiger partial charge in [-0.25, -0.2) is 4.98 Å². The molecule has 0 aliphatic carbocycles. The summed E-state index contributed by atoms with van der Waals surface area (Å²) in [7, 11) is 3.00. The summed E-state index contributed by atoms with van der Waals surface area (Å²) in [6.07, 6.45) is 2.67. The van der Waals surface area contributed by atoms with Crippen LogP contribution in [0.3, 0.4) is 0 Å². The lowest BCUT2D eigenvalue weighted by Crippen LogP contribution is -2.40. The number of aromatic nitrogens is 2. The number of carbonyl (C=O) groups is 3. The Labute approximate surface area is 196 Å². The average Bonchev–Trinajstić information content (AvgIpc) is 3.26. The third kappa shape index (κ3) is 3.81. The second-order valence-corrected chi connectivity index (χ2v) is 8.68. The molecule has 2 unspecified atom stereocenters. The van der Waals surface area contributed by atoms with E-state index in [4.69, 9.17) is 9.72 Å². The molecule has 1 fully saturated rings. The summed E-state index contributed by atoms with van der Waals surface area (Å²) in [5.74, 6) is -0.118. The molecular weight excluding hydrogens is 434 g/mol. The van der Waals surface area contributed by atoms with Gasteiger partial charge in [-0.1, -0.05) is 0 Å². The number of hydrogen-bond acceptors (Lipinski definition) is 6. The van der Waals surface area contributed by atoms with E-state index in [0.717, 1.165) is 35.4 Å². The fourth-order valence-electron chi connectivity index (χ4n) is 4.94. The standard InChI is InChI=1S/C25H27N5O4/c1-26-24(32)15-5-9-20-19(13-15)29-23(22-17(25(33)34-2)4-3-11-27-22)30(20)16-7-8-18-14(12-16)6-10-21(31)28-18/h5,7-9,12-13,17,22,27H,3-4,6,10-11H2,1-2H3,(H,26,32)(H,28,31). The zero-order valence-electron chi connectivity index (χ0n) is 19.2. The highest BCUT2D eigenvalue weighted by Crippen LogP contribution is 2.35. The molecule has 0 bridgehead atoms. The monoisotopic (exact) mass is 461 g/mol. The van der Waals surface area contributed by atoms with E-state index in [9.17, 15) is 14.4 Å². The Balaban J connectivity index is 1.69. The van der Waals surface area contributed by atoms with Crippen LogP contribution in [0.1, 0.15) is 47.1 Å². The van der Waals surface area contributed by atoms with Crippen molar-refractivity contribution in [2.45, 2.75) is 31.7 Å². The molecule has 2 aromatic carbocycles. The second kappa shape index (κ2) is 8.90. The quantitative estimate of drug-likeness (QED) is 0.515. The van der Waals surface area contributed by atoms with Crippen LogP contribution in [0, 0.1) is 5.92 Å². The van der Waals surface area contributed by atoms with Gasteiger partial charge in [0.1, 0.15) is 5.82 Å². The summed E-state index contributed by atoms with van der Waals surface area (Å²) in [5.41, 5.74) is 4.76. The van der Waals surface area contributed by atoms with Gasteiger partial charge in [-0.3, -0.25) is 19.0 Å². The summed E-state index contributed by atoms with van der Waals surface area (Å²) >= 11 is 0. The molecule has 1 saturated heterocycles. The molecule has 3 aromatic rings. The summed E-state index contributed by atoms with van der Waals surface area (Å²) in [6.45, 7) is 0.765. The minimum atomic E-state index is -0.371. The predicted molar refractivity (Wildman–Crippen MR) is 127 cm³/mol. The maximum absolute atomic E-state index is 12.6. The lowest BCUT2D eigenvalue weighted by atomic mass is 9.90. The largest absolute Gasteiger partial charge is 0.469 e. The van der Waals surface area contributed by atoms with Crippen molar-refractivity contribution in [1.82, 2.24) is 20.2 Å². The highest BCUT2D eigenvalue weighted by Gasteiger charge is 2.36. The van der Waals surface area contributed by atoms with Crippen molar-refractivity contribution < 1.29 is 19.1 Å². The minimum Gasteiger partial charge on any atom is -0.469 e. The van der Waals surface area contributed by atoms with Gasteiger partial charge >= 0.3 is 5.97 Å². The molecule has 0 spiro atoms. The molecule has 3 N–H and O–H groups in total. The van der Waals surface area contributed by atoms with Gasteiger partial charge in [-0.15, -0.1) is 0 Å². The van der Waals surface area contributed by atoms with E-state index in [0.29, 0.717) is 36.2 Å². The Morgan fingerprint density at radius 1 is 1.18 bits per heavy atom. The number of carbonyl (C=O) groups excluding carboxylic acids is 3. The van der Waals surface area contributed by atoms with Crippen LogP contribution in [0.2, 0.25) is 0 Å². The Bertz CT molecular complexity index is 1300. The summed E-state index contributed by atoms with van der Waals surface area (Å²) < 4.78 is 7.14. The SMILES string of the molecule is CNC(=O)c1ccc2c(c1)nc(C1NCCCC1C(=O)OC)n2-c1ccc2c(c1)CCC(=O)N2. The van der Waals surface area contributed by atoms with Crippen LogP contribution in [0.4, 0.5) is 5.69 Å². The maximum atomic E-state index is 12.6. The number of nitrogens with one attached hydrogen (secondary N) is 3. The normalized spacial score (nSPS) is 19.9. The predicted octanol–water partition coefficient (Wildman–Crippen LogP) is 2.48. The Morgan fingerprint density at radius 2 is 2.03 bits per heavy atom. The minimum absolute atomic E-state index is 0.0167. The lowest BCUT2D eigenvalue weighted by molar-refractivity contribution is -0.147. The molecule has 9 nitrogen and oxygen atoms in total. The number of hydrogen-bond donors (Lipinski definition) is 3. The Morgan fingerprint density at radius 3 is 2.82 bits per heavy atom. The third-order valence-electron chi connectivity index (χ3n) is 6.65. The van der Waals surface area contributed by atoms with E-state index in [1.54, 1.807) is 19.2 Å². The van der Waals surface area contributed by atoms with Gasteiger partial charge < -0.3 is 20.7 Å². The molecule has 2 amide bonds. The van der Waals surface area contributed by atoms with Crippen LogP contribution in [0.25, 0.3) is 16.7 Å². The topological polar surface area (TPSA) is 114 Å². The van der Waals surface area contributed by atoms with Crippen molar-refractivity contribution in [1.29, 1.82) is 0 Å². The first kappa shape index (κ1) is 22.1. The first-order valence-corrected chi connectivity index (χ1v) is 11.5. The number of benzene rings is 2. The van der Waals surface area contributed by atoms with Gasteiger partial charge in [0.25, 0.3) is 5.91 Å². The zero-order chi connectivity index (χ0) is 23.8. The Kier molecular flexibility index (Phi) is 5.79. The second-order valence-electron chi connectivity index (χ2n) is 8.68. The first-order valence-electron chi connectivity index (χ1n) is 11.5. The smallest absolute Gasteiger partial charge is 0.310 e. The highest BCUT2D eigenvalue weighted by molar-refractivity contribution is 5.97. The number of piperidine rings is 1. The number of methoxy groups -OCH3 is 1. The fraction of sp³-hybridized carbons (Fsp3) is 0.360. The van der Waals surface area contributed by atoms with Gasteiger partial charge in [-0.2, -0.15) is 0 Å². The van der Waals surface area contributed by atoms with E-state index in [1.807, 2.05) is 22.8 Å². The van der Waals surface area contributed by atoms with Crippen LogP contribution >= 0.6 is 0 Å². The summed E-state index contributed by atoms with van der Waals surface area (Å²) in [4.78, 5) is 41.6. The molecule has 1 aromatic heterocycles. The van der Waals surface area contributed by atoms with Gasteiger partial charge in [0, 0.05) is 30.4 Å². The maximum Gasteiger partial charge on any atom is 0.310 e. The number of fused-ring (bicyclic) bond motifs is 2. The molecule has 0 radical (unpaired) electrons. The Hall–Kier alpha value is -3.72. The van der Waals surface area contributed by atoms with Crippen LogP contribution in [-0.4, -0.2) is 48.0 Å². The number of imidazole rings is 1. The van der Waals surface area contributed by atoms with Crippen LogP contribution in [0.5, 0.6) is 0 Å². The van der Waals surface area contributed by atoms with E-state index < -0.39 is 0 Å². The fourth-order valence-corrected chi connectivity index (χ4v) is 4.94. The molecule has 0 saturated carbocycles. The third-order valence-corrected chi connectivity index (χ3v) is 6.65. The number of nitrogens with zero attached hydrogens (tertiary/aromatic N) is 2. The molecule has 9 heteroatoms. The molecule has 2 aliphatic rings. The summed E-state index contributed by atoms with van der Waals surface area (Å²) in [5, 5.41) is 9.04. The van der Waals surface area contributed by atoms with Crippen LogP contribution in [0.15, 0.2) is 36.4 Å². The number of ether oxygens (including phenoxy) is 1. The van der Waals surface area contributed by atoms with Crippen LogP contribution in [-0.2, 0) is 20.7 Å². The van der Waals surface area contributed by atoms with Crippen molar-refractivity contribution in [3.8, 4) is 5.69 Å². The van der Waals surface area contributed by atoms with E-state index in [1.165, 1.54) is 7.11 Å². The van der Waals surface area contributed by atoms with Gasteiger partial charge in [0.15, 0.2) is 0 Å². The zero-order valence-corrected chi connectivity index (χ0v) is 19.2. The number of aryl methyl sites for hydroxylation is 1. The van der Waals surface area contributed by atoms with E-state index in [-0.39, 0.29) is 29.7 Å². The number of amides is 2. The first-order chi connectivity index (χ1) is 16.5. The molecule has 3 heterocycles. The molecule has 34 heavy (non-hydrogen) atoms. The molecule has 176 valence electrons. The van der Waals surface area contributed by atoms with Gasteiger partial charge in [-0.05, 0) is 67.8 Å². The highest BCUT2D eigenvalue weighted by atomic mass is 16.5. The van der Waals surface area contributed by atoms with E-state index >= 15 is 0 Å². The van der Waals surface area contributed by atoms with Crippen molar-refractivity contribution >= 4 is 34.5 Å². The molecular formula is C25H27N5O4.